The minimum atomic E-state index is -0.500. The number of rotatable bonds is 5. The van der Waals surface area contributed by atoms with Gasteiger partial charge in [-0.25, -0.2) is 8.78 Å². The first-order valence-corrected chi connectivity index (χ1v) is 6.50. The highest BCUT2D eigenvalue weighted by Gasteiger charge is 2.23. The molecule has 0 aliphatic rings. The van der Waals surface area contributed by atoms with Crippen molar-refractivity contribution in [3.63, 3.8) is 0 Å². The van der Waals surface area contributed by atoms with Crippen LogP contribution in [0.1, 0.15) is 12.5 Å². The fourth-order valence-corrected chi connectivity index (χ4v) is 2.11. The monoisotopic (exact) mass is 276 g/mol. The highest BCUT2D eigenvalue weighted by atomic mass is 19.1. The summed E-state index contributed by atoms with van der Waals surface area (Å²) in [4.78, 5) is 0. The van der Waals surface area contributed by atoms with Crippen molar-refractivity contribution in [3.8, 4) is 0 Å². The third-order valence-corrected chi connectivity index (χ3v) is 3.27. The number of benzene rings is 2. The lowest BCUT2D eigenvalue weighted by Gasteiger charge is -2.31. The van der Waals surface area contributed by atoms with Crippen molar-refractivity contribution < 1.29 is 8.78 Å². The molecule has 0 aliphatic carbocycles. The molecule has 0 saturated heterocycles. The zero-order chi connectivity index (χ0) is 14.6. The molecule has 0 bridgehead atoms. The van der Waals surface area contributed by atoms with Gasteiger partial charge in [-0.1, -0.05) is 24.3 Å². The molecule has 0 aromatic heterocycles. The Morgan fingerprint density at radius 2 is 1.70 bits per heavy atom. The maximum Gasteiger partial charge on any atom is 0.146 e. The van der Waals surface area contributed by atoms with Crippen LogP contribution in [0.2, 0.25) is 0 Å². The molecule has 0 heterocycles. The Kier molecular flexibility index (Phi) is 4.35. The molecule has 0 amide bonds. The topological polar surface area (TPSA) is 38.0 Å². The van der Waals surface area contributed by atoms with E-state index in [1.165, 1.54) is 18.2 Å². The van der Waals surface area contributed by atoms with Gasteiger partial charge >= 0.3 is 0 Å². The van der Waals surface area contributed by atoms with Crippen molar-refractivity contribution in [2.24, 2.45) is 5.73 Å². The first-order chi connectivity index (χ1) is 9.52. The average molecular weight is 276 g/mol. The predicted octanol–water partition coefficient (Wildman–Crippen LogP) is 3.34. The number of para-hydroxylation sites is 1. The highest BCUT2D eigenvalue weighted by Crippen LogP contribution is 2.21. The summed E-state index contributed by atoms with van der Waals surface area (Å²) in [6, 6.07) is 12.7. The summed E-state index contributed by atoms with van der Waals surface area (Å²) in [6.45, 7) is 2.25. The maximum atomic E-state index is 13.7. The van der Waals surface area contributed by atoms with Gasteiger partial charge < -0.3 is 11.1 Å². The van der Waals surface area contributed by atoms with Crippen LogP contribution in [0.5, 0.6) is 0 Å². The van der Waals surface area contributed by atoms with E-state index in [1.54, 1.807) is 30.3 Å². The third-order valence-electron chi connectivity index (χ3n) is 3.27. The number of halogens is 2. The Bertz CT molecular complexity index is 569. The molecule has 2 aromatic rings. The summed E-state index contributed by atoms with van der Waals surface area (Å²) in [5, 5.41) is 3.14. The summed E-state index contributed by atoms with van der Waals surface area (Å²) >= 11 is 0. The molecular formula is C16H18F2N2. The van der Waals surface area contributed by atoms with Gasteiger partial charge in [0.1, 0.15) is 11.6 Å². The van der Waals surface area contributed by atoms with Crippen LogP contribution in [0.3, 0.4) is 0 Å². The van der Waals surface area contributed by atoms with E-state index >= 15 is 0 Å². The number of hydrogen-bond donors (Lipinski definition) is 2. The van der Waals surface area contributed by atoms with Crippen LogP contribution in [0, 0.1) is 11.6 Å². The summed E-state index contributed by atoms with van der Waals surface area (Å²) in [5.41, 5.74) is 6.69. The Hall–Kier alpha value is -1.94. The van der Waals surface area contributed by atoms with E-state index in [4.69, 9.17) is 5.73 Å². The van der Waals surface area contributed by atoms with Gasteiger partial charge in [-0.05, 0) is 43.2 Å². The van der Waals surface area contributed by atoms with Crippen LogP contribution < -0.4 is 11.1 Å². The molecule has 4 heteroatoms. The zero-order valence-electron chi connectivity index (χ0n) is 11.4. The summed E-state index contributed by atoms with van der Waals surface area (Å²) < 4.78 is 26.6. The third kappa shape index (κ3) is 3.54. The SMILES string of the molecule is CC(CN)(Cc1ccc(F)cc1)Nc1ccccc1F. The fraction of sp³-hybridized carbons (Fsp3) is 0.250. The van der Waals surface area contributed by atoms with Gasteiger partial charge in [0.2, 0.25) is 0 Å². The van der Waals surface area contributed by atoms with Gasteiger partial charge in [0, 0.05) is 6.54 Å². The minimum absolute atomic E-state index is 0.273. The Balaban J connectivity index is 2.17. The maximum absolute atomic E-state index is 13.7. The van der Waals surface area contributed by atoms with Gasteiger partial charge in [-0.15, -0.1) is 0 Å². The summed E-state index contributed by atoms with van der Waals surface area (Å²) in [5.74, 6) is -0.587. The molecular weight excluding hydrogens is 258 g/mol. The Morgan fingerprint density at radius 3 is 2.30 bits per heavy atom. The van der Waals surface area contributed by atoms with Crippen molar-refractivity contribution in [1.82, 2.24) is 0 Å². The molecule has 0 saturated carbocycles. The molecule has 20 heavy (non-hydrogen) atoms. The summed E-state index contributed by atoms with van der Waals surface area (Å²) in [7, 11) is 0. The molecule has 3 N–H and O–H groups in total. The molecule has 0 radical (unpaired) electrons. The minimum Gasteiger partial charge on any atom is -0.376 e. The molecule has 106 valence electrons. The van der Waals surface area contributed by atoms with Crippen molar-refractivity contribution in [1.29, 1.82) is 0 Å². The standard InChI is InChI=1S/C16H18F2N2/c1-16(11-19,10-12-6-8-13(17)9-7-12)20-15-5-3-2-4-14(15)18/h2-9,20H,10-11,19H2,1H3. The second-order valence-electron chi connectivity index (χ2n) is 5.17. The van der Waals surface area contributed by atoms with Crippen LogP contribution >= 0.6 is 0 Å². The lowest BCUT2D eigenvalue weighted by molar-refractivity contribution is 0.513. The molecule has 2 nitrogen and oxygen atoms in total. The second kappa shape index (κ2) is 6.01. The Morgan fingerprint density at radius 1 is 1.05 bits per heavy atom. The van der Waals surface area contributed by atoms with Crippen LogP contribution in [-0.2, 0) is 6.42 Å². The first kappa shape index (κ1) is 14.5. The van der Waals surface area contributed by atoms with Crippen molar-refractivity contribution in [3.05, 3.63) is 65.7 Å². The average Bonchev–Trinajstić information content (AvgIpc) is 2.44. The van der Waals surface area contributed by atoms with Gasteiger partial charge in [0.25, 0.3) is 0 Å². The van der Waals surface area contributed by atoms with Gasteiger partial charge in [0.15, 0.2) is 0 Å². The Labute approximate surface area is 117 Å². The van der Waals surface area contributed by atoms with E-state index in [1.807, 2.05) is 6.92 Å². The number of nitrogens with one attached hydrogen (secondary N) is 1. The smallest absolute Gasteiger partial charge is 0.146 e. The van der Waals surface area contributed by atoms with Crippen molar-refractivity contribution in [2.45, 2.75) is 18.9 Å². The van der Waals surface area contributed by atoms with Crippen LogP contribution in [0.15, 0.2) is 48.5 Å². The van der Waals surface area contributed by atoms with Crippen LogP contribution in [0.4, 0.5) is 14.5 Å². The zero-order valence-corrected chi connectivity index (χ0v) is 11.4. The van der Waals surface area contributed by atoms with E-state index in [0.29, 0.717) is 18.7 Å². The number of nitrogens with two attached hydrogens (primary N) is 1. The normalized spacial score (nSPS) is 13.8. The molecule has 0 aliphatic heterocycles. The molecule has 2 rings (SSSR count). The van der Waals surface area contributed by atoms with E-state index in [9.17, 15) is 8.78 Å². The first-order valence-electron chi connectivity index (χ1n) is 6.50. The summed E-state index contributed by atoms with van der Waals surface area (Å²) in [6.07, 6.45) is 0.581. The second-order valence-corrected chi connectivity index (χ2v) is 5.17. The molecule has 2 aromatic carbocycles. The molecule has 0 fully saturated rings. The fourth-order valence-electron chi connectivity index (χ4n) is 2.11. The lowest BCUT2D eigenvalue weighted by Crippen LogP contribution is -2.44. The van der Waals surface area contributed by atoms with Crippen molar-refractivity contribution in [2.75, 3.05) is 11.9 Å². The van der Waals surface area contributed by atoms with E-state index < -0.39 is 5.54 Å². The van der Waals surface area contributed by atoms with Crippen LogP contribution in [-0.4, -0.2) is 12.1 Å². The van der Waals surface area contributed by atoms with Gasteiger partial charge in [-0.3, -0.25) is 0 Å². The molecule has 1 atom stereocenters. The van der Waals surface area contributed by atoms with Crippen LogP contribution in [0.25, 0.3) is 0 Å². The van der Waals surface area contributed by atoms with Gasteiger partial charge in [-0.2, -0.15) is 0 Å². The van der Waals surface area contributed by atoms with E-state index in [2.05, 4.69) is 5.32 Å². The molecule has 0 spiro atoms. The lowest BCUT2D eigenvalue weighted by atomic mass is 9.92. The van der Waals surface area contributed by atoms with Crippen molar-refractivity contribution >= 4 is 5.69 Å². The number of hydrogen-bond acceptors (Lipinski definition) is 2. The predicted molar refractivity (Wildman–Crippen MR) is 77.6 cm³/mol. The molecule has 1 unspecified atom stereocenters. The number of anilines is 1. The quantitative estimate of drug-likeness (QED) is 0.879. The van der Waals surface area contributed by atoms with Gasteiger partial charge in [0.05, 0.1) is 11.2 Å². The van der Waals surface area contributed by atoms with E-state index in [-0.39, 0.29) is 11.6 Å². The van der Waals surface area contributed by atoms with E-state index in [0.717, 1.165) is 5.56 Å². The highest BCUT2D eigenvalue weighted by molar-refractivity contribution is 5.47. The largest absolute Gasteiger partial charge is 0.376 e.